The fourth-order valence-electron chi connectivity index (χ4n) is 2.05. The van der Waals surface area contributed by atoms with Crippen LogP contribution in [0.5, 0.6) is 0 Å². The number of hydrogen-bond donors (Lipinski definition) is 3. The second-order valence-electron chi connectivity index (χ2n) is 4.92. The van der Waals surface area contributed by atoms with Crippen LogP contribution in [0.15, 0.2) is 53.7 Å². The highest BCUT2D eigenvalue weighted by Gasteiger charge is 2.23. The largest absolute Gasteiger partial charge is 0.467 e. The van der Waals surface area contributed by atoms with Crippen molar-refractivity contribution in [2.75, 3.05) is 10.7 Å². The molecule has 3 N–H and O–H groups in total. The van der Waals surface area contributed by atoms with Crippen LogP contribution >= 0.6 is 0 Å². The predicted molar refractivity (Wildman–Crippen MR) is 90.0 cm³/mol. The van der Waals surface area contributed by atoms with Gasteiger partial charge in [-0.2, -0.15) is 0 Å². The van der Waals surface area contributed by atoms with Gasteiger partial charge in [-0.15, -0.1) is 0 Å². The Labute approximate surface area is 146 Å². The van der Waals surface area contributed by atoms with E-state index in [-0.39, 0.29) is 18.2 Å². The molecule has 11 heteroatoms. The van der Waals surface area contributed by atoms with Gasteiger partial charge in [-0.25, -0.2) is 9.97 Å². The Morgan fingerprint density at radius 3 is 2.65 bits per heavy atom. The highest BCUT2D eigenvalue weighted by atomic mass is 16.6. The molecule has 0 fully saturated rings. The SMILES string of the molecule is O=C(NNc1ncnc(NCc2ccco2)c1[N+](=O)[O-])c1ccncc1. The van der Waals surface area contributed by atoms with Crippen molar-refractivity contribution < 1.29 is 14.1 Å². The first kappa shape index (κ1) is 16.8. The molecule has 0 saturated carbocycles. The number of aromatic nitrogens is 3. The minimum atomic E-state index is -0.647. The number of nitrogens with zero attached hydrogens (tertiary/aromatic N) is 4. The van der Waals surface area contributed by atoms with E-state index in [1.165, 1.54) is 30.8 Å². The molecule has 0 aliphatic carbocycles. The topological polar surface area (TPSA) is 148 Å². The van der Waals surface area contributed by atoms with Crippen LogP contribution in [0.25, 0.3) is 0 Å². The van der Waals surface area contributed by atoms with Gasteiger partial charge in [0.25, 0.3) is 5.91 Å². The lowest BCUT2D eigenvalue weighted by molar-refractivity contribution is -0.383. The van der Waals surface area contributed by atoms with Crippen LogP contribution < -0.4 is 16.2 Å². The van der Waals surface area contributed by atoms with Gasteiger partial charge in [-0.1, -0.05) is 0 Å². The van der Waals surface area contributed by atoms with E-state index >= 15 is 0 Å². The van der Waals surface area contributed by atoms with E-state index in [1.807, 2.05) is 0 Å². The van der Waals surface area contributed by atoms with Crippen LogP contribution in [-0.4, -0.2) is 25.8 Å². The average Bonchev–Trinajstić information content (AvgIpc) is 3.18. The first-order valence-electron chi connectivity index (χ1n) is 7.37. The summed E-state index contributed by atoms with van der Waals surface area (Å²) in [6.45, 7) is 0.202. The van der Waals surface area contributed by atoms with Crippen molar-refractivity contribution in [2.45, 2.75) is 6.54 Å². The van der Waals surface area contributed by atoms with Gasteiger partial charge in [0.15, 0.2) is 0 Å². The van der Waals surface area contributed by atoms with Crippen LogP contribution in [0.1, 0.15) is 16.1 Å². The van der Waals surface area contributed by atoms with Crippen molar-refractivity contribution in [1.82, 2.24) is 20.4 Å². The standard InChI is InChI=1S/C15H13N7O4/c23-15(10-3-5-16-6-4-10)21-20-14-12(22(24)25)13(18-9-19-14)17-8-11-2-1-7-26-11/h1-7,9H,8H2,(H,21,23)(H2,17,18,19,20). The van der Waals surface area contributed by atoms with Crippen LogP contribution in [-0.2, 0) is 6.54 Å². The smallest absolute Gasteiger partial charge is 0.354 e. The highest BCUT2D eigenvalue weighted by molar-refractivity contribution is 5.94. The fraction of sp³-hybridized carbons (Fsp3) is 0.0667. The molecular formula is C15H13N7O4. The molecule has 0 atom stereocenters. The maximum Gasteiger partial charge on any atom is 0.354 e. The van der Waals surface area contributed by atoms with Crippen molar-refractivity contribution in [3.63, 3.8) is 0 Å². The number of rotatable bonds is 7. The van der Waals surface area contributed by atoms with Gasteiger partial charge in [0.1, 0.15) is 12.1 Å². The minimum absolute atomic E-state index is 0.0120. The lowest BCUT2D eigenvalue weighted by atomic mass is 10.3. The number of hydrazine groups is 1. The number of pyridine rings is 1. The number of nitrogens with one attached hydrogen (secondary N) is 3. The quantitative estimate of drug-likeness (QED) is 0.425. The summed E-state index contributed by atoms with van der Waals surface area (Å²) >= 11 is 0. The Balaban J connectivity index is 1.75. The van der Waals surface area contributed by atoms with Gasteiger partial charge in [0.2, 0.25) is 11.6 Å². The van der Waals surface area contributed by atoms with Crippen LogP contribution in [0, 0.1) is 10.1 Å². The van der Waals surface area contributed by atoms with Crippen molar-refractivity contribution in [1.29, 1.82) is 0 Å². The molecule has 0 aliphatic rings. The summed E-state index contributed by atoms with van der Waals surface area (Å²) in [5, 5.41) is 14.2. The van der Waals surface area contributed by atoms with Crippen LogP contribution in [0.4, 0.5) is 17.3 Å². The molecule has 3 rings (SSSR count). The molecule has 0 radical (unpaired) electrons. The van der Waals surface area contributed by atoms with Crippen LogP contribution in [0.2, 0.25) is 0 Å². The lowest BCUT2D eigenvalue weighted by Crippen LogP contribution is -2.30. The number of carbonyl (C=O) groups is 1. The van der Waals surface area contributed by atoms with E-state index in [1.54, 1.807) is 12.1 Å². The van der Waals surface area contributed by atoms with Gasteiger partial charge >= 0.3 is 5.69 Å². The third kappa shape index (κ3) is 3.90. The number of hydrogen-bond acceptors (Lipinski definition) is 9. The van der Waals surface area contributed by atoms with E-state index in [9.17, 15) is 14.9 Å². The third-order valence-corrected chi connectivity index (χ3v) is 3.25. The maximum atomic E-state index is 12.0. The Kier molecular flexibility index (Phi) is 4.98. The van der Waals surface area contributed by atoms with E-state index in [0.717, 1.165) is 6.33 Å². The van der Waals surface area contributed by atoms with E-state index in [4.69, 9.17) is 4.42 Å². The molecule has 0 bridgehead atoms. The van der Waals surface area contributed by atoms with Crippen molar-refractivity contribution >= 4 is 23.2 Å². The molecule has 0 spiro atoms. The minimum Gasteiger partial charge on any atom is -0.467 e. The molecule has 132 valence electrons. The molecule has 0 saturated heterocycles. The predicted octanol–water partition coefficient (Wildman–Crippen LogP) is 1.74. The first-order chi connectivity index (χ1) is 12.6. The van der Waals surface area contributed by atoms with Gasteiger partial charge in [-0.05, 0) is 24.3 Å². The Morgan fingerprint density at radius 1 is 1.19 bits per heavy atom. The zero-order valence-corrected chi connectivity index (χ0v) is 13.2. The molecule has 3 aromatic rings. The van der Waals surface area contributed by atoms with Crippen molar-refractivity contribution in [3.05, 3.63) is 70.7 Å². The van der Waals surface area contributed by atoms with Gasteiger partial charge in [0, 0.05) is 18.0 Å². The van der Waals surface area contributed by atoms with Crippen molar-refractivity contribution in [3.8, 4) is 0 Å². The molecule has 3 aromatic heterocycles. The molecule has 3 heterocycles. The molecule has 0 unspecified atom stereocenters. The zero-order valence-electron chi connectivity index (χ0n) is 13.2. The number of furan rings is 1. The van der Waals surface area contributed by atoms with E-state index in [2.05, 4.69) is 31.1 Å². The van der Waals surface area contributed by atoms with Crippen molar-refractivity contribution in [2.24, 2.45) is 0 Å². The summed E-state index contributed by atoms with van der Waals surface area (Å²) in [7, 11) is 0. The van der Waals surface area contributed by atoms with Crippen LogP contribution in [0.3, 0.4) is 0 Å². The average molecular weight is 355 g/mol. The van der Waals surface area contributed by atoms with Gasteiger partial charge < -0.3 is 9.73 Å². The number of anilines is 2. The maximum absolute atomic E-state index is 12.0. The number of amides is 1. The monoisotopic (exact) mass is 355 g/mol. The molecular weight excluding hydrogens is 342 g/mol. The Hall–Kier alpha value is -4.02. The molecule has 0 aromatic carbocycles. The Morgan fingerprint density at radius 2 is 1.96 bits per heavy atom. The number of carbonyl (C=O) groups excluding carboxylic acids is 1. The summed E-state index contributed by atoms with van der Waals surface area (Å²) in [6, 6.07) is 6.42. The molecule has 11 nitrogen and oxygen atoms in total. The van der Waals surface area contributed by atoms with Gasteiger partial charge in [0.05, 0.1) is 17.7 Å². The zero-order chi connectivity index (χ0) is 18.4. The van der Waals surface area contributed by atoms with Gasteiger partial charge in [-0.3, -0.25) is 30.7 Å². The van der Waals surface area contributed by atoms with E-state index in [0.29, 0.717) is 11.3 Å². The second-order valence-corrected chi connectivity index (χ2v) is 4.92. The summed E-state index contributed by atoms with van der Waals surface area (Å²) in [6.07, 6.45) is 5.54. The number of nitro groups is 1. The summed E-state index contributed by atoms with van der Waals surface area (Å²) in [5.41, 5.74) is 4.73. The fourth-order valence-corrected chi connectivity index (χ4v) is 2.05. The highest BCUT2D eigenvalue weighted by Crippen LogP contribution is 2.28. The summed E-state index contributed by atoms with van der Waals surface area (Å²) in [4.78, 5) is 34.3. The second kappa shape index (κ2) is 7.70. The summed E-state index contributed by atoms with van der Waals surface area (Å²) in [5.74, 6) is -0.0831. The normalized spacial score (nSPS) is 10.2. The molecule has 0 aliphatic heterocycles. The molecule has 1 amide bonds. The third-order valence-electron chi connectivity index (χ3n) is 3.25. The first-order valence-corrected chi connectivity index (χ1v) is 7.37. The van der Waals surface area contributed by atoms with E-state index < -0.39 is 16.5 Å². The Bertz CT molecular complexity index is 900. The lowest BCUT2D eigenvalue weighted by Gasteiger charge is -2.10. The summed E-state index contributed by atoms with van der Waals surface area (Å²) < 4.78 is 5.16. The molecule has 26 heavy (non-hydrogen) atoms.